The van der Waals surface area contributed by atoms with Crippen LogP contribution in [0.3, 0.4) is 0 Å². The molecule has 0 bridgehead atoms. The molecule has 1 aliphatic rings. The Morgan fingerprint density at radius 2 is 2.08 bits per heavy atom. The SMILES string of the molecule is C=C(OC)N1CCC(NC)CC1. The lowest BCUT2D eigenvalue weighted by atomic mass is 10.1. The minimum absolute atomic E-state index is 0.672. The number of rotatable bonds is 3. The van der Waals surface area contributed by atoms with Crippen LogP contribution >= 0.6 is 0 Å². The highest BCUT2D eigenvalue weighted by Crippen LogP contribution is 2.13. The first kappa shape index (κ1) is 9.39. The van der Waals surface area contributed by atoms with Crippen LogP contribution < -0.4 is 5.32 Å². The molecule has 3 nitrogen and oxygen atoms in total. The van der Waals surface area contributed by atoms with Crippen molar-refractivity contribution in [3.63, 3.8) is 0 Å². The molecule has 70 valence electrons. The van der Waals surface area contributed by atoms with Crippen LogP contribution in [0.4, 0.5) is 0 Å². The van der Waals surface area contributed by atoms with E-state index in [1.165, 1.54) is 12.8 Å². The number of hydrogen-bond donors (Lipinski definition) is 1. The number of ether oxygens (including phenoxy) is 1. The smallest absolute Gasteiger partial charge is 0.181 e. The molecule has 0 radical (unpaired) electrons. The van der Waals surface area contributed by atoms with Gasteiger partial charge in [0, 0.05) is 19.1 Å². The third kappa shape index (κ3) is 2.14. The van der Waals surface area contributed by atoms with E-state index in [0.717, 1.165) is 19.0 Å². The normalized spacial score (nSPS) is 19.3. The van der Waals surface area contributed by atoms with Gasteiger partial charge in [0.1, 0.15) is 0 Å². The first-order valence-corrected chi connectivity index (χ1v) is 4.43. The highest BCUT2D eigenvalue weighted by Gasteiger charge is 2.18. The second-order valence-corrected chi connectivity index (χ2v) is 3.15. The summed E-state index contributed by atoms with van der Waals surface area (Å²) < 4.78 is 5.07. The molecule has 0 atom stereocenters. The molecule has 1 rings (SSSR count). The van der Waals surface area contributed by atoms with Gasteiger partial charge in [-0.1, -0.05) is 0 Å². The Morgan fingerprint density at radius 3 is 2.50 bits per heavy atom. The van der Waals surface area contributed by atoms with Gasteiger partial charge in [-0.05, 0) is 26.5 Å². The highest BCUT2D eigenvalue weighted by atomic mass is 16.5. The Bertz CT molecular complexity index is 151. The summed E-state index contributed by atoms with van der Waals surface area (Å²) in [5, 5.41) is 3.28. The Balaban J connectivity index is 2.30. The summed E-state index contributed by atoms with van der Waals surface area (Å²) in [6.45, 7) is 5.94. The van der Waals surface area contributed by atoms with Gasteiger partial charge in [-0.2, -0.15) is 0 Å². The number of methoxy groups -OCH3 is 1. The number of piperidine rings is 1. The van der Waals surface area contributed by atoms with E-state index in [0.29, 0.717) is 6.04 Å². The summed E-state index contributed by atoms with van der Waals surface area (Å²) >= 11 is 0. The molecule has 0 amide bonds. The molecular weight excluding hydrogens is 152 g/mol. The molecule has 1 aliphatic heterocycles. The molecule has 0 saturated carbocycles. The van der Waals surface area contributed by atoms with Crippen LogP contribution in [0.1, 0.15) is 12.8 Å². The lowest BCUT2D eigenvalue weighted by molar-refractivity contribution is 0.127. The summed E-state index contributed by atoms with van der Waals surface area (Å²) in [5.41, 5.74) is 0. The highest BCUT2D eigenvalue weighted by molar-refractivity contribution is 4.88. The lowest BCUT2D eigenvalue weighted by Gasteiger charge is -2.33. The fraction of sp³-hybridized carbons (Fsp3) is 0.778. The van der Waals surface area contributed by atoms with Crippen molar-refractivity contribution < 1.29 is 4.74 Å². The predicted octanol–water partition coefficient (Wildman–Crippen LogP) is 0.788. The summed E-state index contributed by atoms with van der Waals surface area (Å²) in [7, 11) is 3.69. The van der Waals surface area contributed by atoms with Crippen molar-refractivity contribution in [2.75, 3.05) is 27.2 Å². The molecule has 1 saturated heterocycles. The van der Waals surface area contributed by atoms with Crippen molar-refractivity contribution in [1.82, 2.24) is 10.2 Å². The second kappa shape index (κ2) is 4.36. The van der Waals surface area contributed by atoms with Gasteiger partial charge in [0.2, 0.25) is 0 Å². The molecule has 1 fully saturated rings. The van der Waals surface area contributed by atoms with Crippen LogP contribution in [-0.2, 0) is 4.74 Å². The average Bonchev–Trinajstić information content (AvgIpc) is 2.17. The largest absolute Gasteiger partial charge is 0.483 e. The summed E-state index contributed by atoms with van der Waals surface area (Å²) in [5.74, 6) is 0.796. The van der Waals surface area contributed by atoms with Crippen molar-refractivity contribution in [3.05, 3.63) is 12.5 Å². The number of likely N-dealkylation sites (tertiary alicyclic amines) is 1. The Morgan fingerprint density at radius 1 is 1.50 bits per heavy atom. The Kier molecular flexibility index (Phi) is 3.41. The Labute approximate surface area is 74.4 Å². The zero-order valence-electron chi connectivity index (χ0n) is 7.97. The van der Waals surface area contributed by atoms with E-state index in [9.17, 15) is 0 Å². The second-order valence-electron chi connectivity index (χ2n) is 3.15. The van der Waals surface area contributed by atoms with Crippen molar-refractivity contribution in [1.29, 1.82) is 0 Å². The predicted molar refractivity (Wildman–Crippen MR) is 49.8 cm³/mol. The monoisotopic (exact) mass is 170 g/mol. The molecule has 0 spiro atoms. The van der Waals surface area contributed by atoms with Crippen molar-refractivity contribution in [3.8, 4) is 0 Å². The van der Waals surface area contributed by atoms with E-state index in [1.807, 2.05) is 7.05 Å². The fourth-order valence-electron chi connectivity index (χ4n) is 1.55. The maximum absolute atomic E-state index is 5.07. The van der Waals surface area contributed by atoms with Crippen LogP contribution in [0.5, 0.6) is 0 Å². The topological polar surface area (TPSA) is 24.5 Å². The van der Waals surface area contributed by atoms with E-state index in [1.54, 1.807) is 7.11 Å². The molecule has 0 aromatic carbocycles. The maximum atomic E-state index is 5.07. The number of hydrogen-bond acceptors (Lipinski definition) is 3. The number of nitrogens with zero attached hydrogens (tertiary/aromatic N) is 1. The molecular formula is C9H18N2O. The molecule has 0 aromatic rings. The first-order valence-electron chi connectivity index (χ1n) is 4.43. The molecule has 12 heavy (non-hydrogen) atoms. The van der Waals surface area contributed by atoms with Gasteiger partial charge in [-0.25, -0.2) is 0 Å². The van der Waals surface area contributed by atoms with Gasteiger partial charge in [-0.15, -0.1) is 0 Å². The van der Waals surface area contributed by atoms with Crippen LogP contribution in [0.25, 0.3) is 0 Å². The quantitative estimate of drug-likeness (QED) is 0.634. The average molecular weight is 170 g/mol. The maximum Gasteiger partial charge on any atom is 0.181 e. The van der Waals surface area contributed by atoms with E-state index < -0.39 is 0 Å². The van der Waals surface area contributed by atoms with Crippen molar-refractivity contribution >= 4 is 0 Å². The standard InChI is InChI=1S/C9H18N2O/c1-8(12-3)11-6-4-9(10-2)5-7-11/h9-10H,1,4-7H2,2-3H3. The fourth-order valence-corrected chi connectivity index (χ4v) is 1.55. The van der Waals surface area contributed by atoms with Gasteiger partial charge in [0.25, 0.3) is 0 Å². The molecule has 3 heteroatoms. The third-order valence-corrected chi connectivity index (χ3v) is 2.49. The van der Waals surface area contributed by atoms with Crippen LogP contribution in [0.15, 0.2) is 12.5 Å². The first-order chi connectivity index (χ1) is 5.77. The van der Waals surface area contributed by atoms with E-state index >= 15 is 0 Å². The summed E-state index contributed by atoms with van der Waals surface area (Å²) in [6.07, 6.45) is 2.36. The van der Waals surface area contributed by atoms with E-state index in [4.69, 9.17) is 4.74 Å². The van der Waals surface area contributed by atoms with E-state index in [2.05, 4.69) is 16.8 Å². The lowest BCUT2D eigenvalue weighted by Crippen LogP contribution is -2.40. The van der Waals surface area contributed by atoms with Gasteiger partial charge < -0.3 is 15.0 Å². The zero-order valence-corrected chi connectivity index (χ0v) is 7.97. The van der Waals surface area contributed by atoms with Crippen LogP contribution in [0.2, 0.25) is 0 Å². The third-order valence-electron chi connectivity index (χ3n) is 2.49. The molecule has 0 unspecified atom stereocenters. The summed E-state index contributed by atoms with van der Waals surface area (Å²) in [4.78, 5) is 2.19. The minimum Gasteiger partial charge on any atom is -0.483 e. The minimum atomic E-state index is 0.672. The summed E-state index contributed by atoms with van der Waals surface area (Å²) in [6, 6.07) is 0.672. The van der Waals surface area contributed by atoms with Gasteiger partial charge in [0.15, 0.2) is 5.88 Å². The molecule has 0 aliphatic carbocycles. The van der Waals surface area contributed by atoms with Gasteiger partial charge in [-0.3, -0.25) is 0 Å². The van der Waals surface area contributed by atoms with Crippen molar-refractivity contribution in [2.45, 2.75) is 18.9 Å². The van der Waals surface area contributed by atoms with Gasteiger partial charge >= 0.3 is 0 Å². The van der Waals surface area contributed by atoms with Gasteiger partial charge in [0.05, 0.1) is 7.11 Å². The van der Waals surface area contributed by atoms with Crippen molar-refractivity contribution in [2.24, 2.45) is 0 Å². The zero-order chi connectivity index (χ0) is 8.97. The molecule has 1 N–H and O–H groups in total. The Hall–Kier alpha value is -0.700. The molecule has 0 aromatic heterocycles. The van der Waals surface area contributed by atoms with Crippen LogP contribution in [0, 0.1) is 0 Å². The van der Waals surface area contributed by atoms with Crippen LogP contribution in [-0.4, -0.2) is 38.2 Å². The van der Waals surface area contributed by atoms with E-state index in [-0.39, 0.29) is 0 Å². The number of nitrogens with one attached hydrogen (secondary N) is 1. The molecule has 1 heterocycles.